The Labute approximate surface area is 322 Å². The number of aliphatic hydroxyl groups is 1. The minimum atomic E-state index is -4.31. The van der Waals surface area contributed by atoms with E-state index in [4.69, 9.17) is 9.05 Å². The lowest BCUT2D eigenvalue weighted by atomic mass is 10.0. The summed E-state index contributed by atoms with van der Waals surface area (Å²) in [6, 6.07) is -0.761. The van der Waals surface area contributed by atoms with Crippen LogP contribution in [0, 0.1) is 0 Å². The molecule has 8 nitrogen and oxygen atoms in total. The first-order valence-corrected chi connectivity index (χ1v) is 23.5. The Kier molecular flexibility index (Phi) is 35.4. The lowest BCUT2D eigenvalue weighted by Crippen LogP contribution is -2.46. The zero-order valence-corrected chi connectivity index (χ0v) is 36.0. The predicted octanol–water partition coefficient (Wildman–Crippen LogP) is 12.0. The van der Waals surface area contributed by atoms with E-state index in [0.29, 0.717) is 23.9 Å². The summed E-state index contributed by atoms with van der Waals surface area (Å²) in [6.45, 7) is 4.84. The van der Waals surface area contributed by atoms with Crippen molar-refractivity contribution in [3.8, 4) is 0 Å². The van der Waals surface area contributed by atoms with Crippen LogP contribution in [0.1, 0.15) is 206 Å². The van der Waals surface area contributed by atoms with E-state index in [1.165, 1.54) is 122 Å². The molecule has 0 rings (SSSR count). The summed E-state index contributed by atoms with van der Waals surface area (Å²) in [4.78, 5) is 23.0. The molecule has 0 aliphatic carbocycles. The third-order valence-corrected chi connectivity index (χ3v) is 11.0. The number of carbonyl (C=O) groups excluding carboxylic acids is 1. The standard InChI is InChI=1S/C43H87N2O6P/c1-6-8-10-12-14-16-18-19-20-21-22-23-24-25-26-27-28-30-32-34-36-42(46)41(40-51-52(48,49)50-39-38-45(3,4)5)44-43(47)37-35-33-31-29-17-15-13-11-9-7-2/h13,15,41-42,46H,6-12,14,16-40H2,1-5H3,(H-,44,47,48,49)/p+1/b15-13-. The Balaban J connectivity index is 4.27. The SMILES string of the molecule is CCCC/C=C\CCCCCCC(=O)NC(COP(=O)(O)OCC[N+](C)(C)C)C(O)CCCCCCCCCCCCCCCCCCCCCC. The maximum absolute atomic E-state index is 12.8. The molecular weight excluding hydrogens is 671 g/mol. The minimum absolute atomic E-state index is 0.0742. The molecule has 0 aliphatic heterocycles. The fourth-order valence-corrected chi connectivity index (χ4v) is 7.17. The van der Waals surface area contributed by atoms with Gasteiger partial charge in [-0.1, -0.05) is 180 Å². The number of quaternary nitrogens is 1. The van der Waals surface area contributed by atoms with Gasteiger partial charge in [0.1, 0.15) is 13.2 Å². The number of amides is 1. The molecule has 310 valence electrons. The molecule has 1 amide bonds. The van der Waals surface area contributed by atoms with Crippen molar-refractivity contribution < 1.29 is 32.9 Å². The summed E-state index contributed by atoms with van der Waals surface area (Å²) < 4.78 is 23.6. The number of hydrogen-bond donors (Lipinski definition) is 3. The van der Waals surface area contributed by atoms with Crippen LogP contribution in [0.25, 0.3) is 0 Å². The number of aliphatic hydroxyl groups excluding tert-OH is 1. The van der Waals surface area contributed by atoms with Gasteiger partial charge in [-0.2, -0.15) is 0 Å². The Bertz CT molecular complexity index is 865. The summed E-state index contributed by atoms with van der Waals surface area (Å²) in [5, 5.41) is 13.9. The minimum Gasteiger partial charge on any atom is -0.391 e. The smallest absolute Gasteiger partial charge is 0.391 e. The number of unbranched alkanes of at least 4 members (excludes halogenated alkanes) is 25. The highest BCUT2D eigenvalue weighted by Gasteiger charge is 2.28. The molecule has 0 aromatic rings. The van der Waals surface area contributed by atoms with Crippen LogP contribution >= 0.6 is 7.82 Å². The van der Waals surface area contributed by atoms with Gasteiger partial charge in [0.05, 0.1) is 39.9 Å². The van der Waals surface area contributed by atoms with Crippen molar-refractivity contribution in [2.24, 2.45) is 0 Å². The van der Waals surface area contributed by atoms with E-state index in [0.717, 1.165) is 57.8 Å². The van der Waals surface area contributed by atoms with Crippen LogP contribution in [-0.2, 0) is 18.4 Å². The maximum Gasteiger partial charge on any atom is 0.472 e. The Hall–Kier alpha value is -0.760. The molecule has 0 saturated carbocycles. The van der Waals surface area contributed by atoms with E-state index in [2.05, 4.69) is 31.3 Å². The van der Waals surface area contributed by atoms with Crippen molar-refractivity contribution in [3.63, 3.8) is 0 Å². The van der Waals surface area contributed by atoms with Gasteiger partial charge >= 0.3 is 7.82 Å². The Morgan fingerprint density at radius 2 is 1.06 bits per heavy atom. The van der Waals surface area contributed by atoms with Gasteiger partial charge in [0.2, 0.25) is 5.91 Å². The molecule has 52 heavy (non-hydrogen) atoms. The molecule has 0 radical (unpaired) electrons. The lowest BCUT2D eigenvalue weighted by Gasteiger charge is -2.26. The number of nitrogens with one attached hydrogen (secondary N) is 1. The quantitative estimate of drug-likeness (QED) is 0.0249. The van der Waals surface area contributed by atoms with Crippen LogP contribution < -0.4 is 5.32 Å². The molecule has 0 bridgehead atoms. The molecule has 0 heterocycles. The molecule has 0 spiro atoms. The van der Waals surface area contributed by atoms with Gasteiger partial charge < -0.3 is 19.8 Å². The summed E-state index contributed by atoms with van der Waals surface area (Å²) in [7, 11) is 1.61. The van der Waals surface area contributed by atoms with Gasteiger partial charge in [0.25, 0.3) is 0 Å². The number of nitrogens with zero attached hydrogens (tertiary/aromatic N) is 1. The number of carbonyl (C=O) groups is 1. The van der Waals surface area contributed by atoms with Gasteiger partial charge in [-0.25, -0.2) is 4.57 Å². The number of allylic oxidation sites excluding steroid dienone is 2. The highest BCUT2D eigenvalue weighted by atomic mass is 31.2. The van der Waals surface area contributed by atoms with Gasteiger partial charge in [0, 0.05) is 6.42 Å². The van der Waals surface area contributed by atoms with E-state index in [1.807, 2.05) is 21.1 Å². The van der Waals surface area contributed by atoms with Crippen molar-refractivity contribution in [1.29, 1.82) is 0 Å². The van der Waals surface area contributed by atoms with E-state index in [1.54, 1.807) is 0 Å². The number of hydrogen-bond acceptors (Lipinski definition) is 5. The summed E-state index contributed by atoms with van der Waals surface area (Å²) in [6.07, 6.45) is 39.6. The highest BCUT2D eigenvalue weighted by Crippen LogP contribution is 2.43. The predicted molar refractivity (Wildman–Crippen MR) is 222 cm³/mol. The largest absolute Gasteiger partial charge is 0.472 e. The highest BCUT2D eigenvalue weighted by molar-refractivity contribution is 7.47. The third-order valence-electron chi connectivity index (χ3n) is 10.0. The van der Waals surface area contributed by atoms with Crippen LogP contribution in [0.5, 0.6) is 0 Å². The second kappa shape index (κ2) is 35.9. The number of likely N-dealkylation sites (N-methyl/N-ethyl adjacent to an activating group) is 1. The van der Waals surface area contributed by atoms with Crippen LogP contribution in [0.15, 0.2) is 12.2 Å². The van der Waals surface area contributed by atoms with E-state index in [9.17, 15) is 19.4 Å². The van der Waals surface area contributed by atoms with E-state index in [-0.39, 0.29) is 19.1 Å². The average Bonchev–Trinajstić information content (AvgIpc) is 3.09. The fraction of sp³-hybridized carbons (Fsp3) is 0.930. The first-order chi connectivity index (χ1) is 25.0. The second-order valence-electron chi connectivity index (χ2n) is 16.4. The van der Waals surface area contributed by atoms with Gasteiger partial charge in [0.15, 0.2) is 0 Å². The molecule has 0 saturated heterocycles. The first-order valence-electron chi connectivity index (χ1n) is 22.1. The second-order valence-corrected chi connectivity index (χ2v) is 17.9. The first kappa shape index (κ1) is 51.2. The Morgan fingerprint density at radius 1 is 0.635 bits per heavy atom. The van der Waals surface area contributed by atoms with Crippen LogP contribution in [0.2, 0.25) is 0 Å². The molecule has 0 aliphatic rings. The summed E-state index contributed by atoms with van der Waals surface area (Å²) >= 11 is 0. The number of rotatable bonds is 40. The van der Waals surface area contributed by atoms with Crippen LogP contribution in [0.4, 0.5) is 0 Å². The summed E-state index contributed by atoms with van der Waals surface area (Å²) in [5.74, 6) is -0.158. The zero-order valence-electron chi connectivity index (χ0n) is 35.1. The normalized spacial score (nSPS) is 14.5. The number of phosphoric acid groups is 1. The van der Waals surface area contributed by atoms with Crippen molar-refractivity contribution in [3.05, 3.63) is 12.2 Å². The topological polar surface area (TPSA) is 105 Å². The molecule has 0 aromatic carbocycles. The monoisotopic (exact) mass is 760 g/mol. The third kappa shape index (κ3) is 37.6. The van der Waals surface area contributed by atoms with E-state index < -0.39 is 20.0 Å². The van der Waals surface area contributed by atoms with Crippen molar-refractivity contribution in [2.45, 2.75) is 219 Å². The van der Waals surface area contributed by atoms with E-state index >= 15 is 0 Å². The van der Waals surface area contributed by atoms with Crippen LogP contribution in [0.3, 0.4) is 0 Å². The molecule has 3 N–H and O–H groups in total. The molecule has 3 atom stereocenters. The summed E-state index contributed by atoms with van der Waals surface area (Å²) in [5.41, 5.74) is 0. The molecular formula is C43H88N2O6P+. The zero-order chi connectivity index (χ0) is 38.6. The van der Waals surface area contributed by atoms with Gasteiger partial charge in [-0.05, 0) is 32.1 Å². The van der Waals surface area contributed by atoms with Gasteiger partial charge in [-0.15, -0.1) is 0 Å². The lowest BCUT2D eigenvalue weighted by molar-refractivity contribution is -0.870. The number of phosphoric ester groups is 1. The van der Waals surface area contributed by atoms with Crippen molar-refractivity contribution in [2.75, 3.05) is 40.9 Å². The van der Waals surface area contributed by atoms with Gasteiger partial charge in [-0.3, -0.25) is 13.8 Å². The molecule has 0 aromatic heterocycles. The molecule has 3 unspecified atom stereocenters. The van der Waals surface area contributed by atoms with Crippen molar-refractivity contribution in [1.82, 2.24) is 5.32 Å². The maximum atomic E-state index is 12.8. The fourth-order valence-electron chi connectivity index (χ4n) is 6.44. The molecule has 9 heteroatoms. The Morgan fingerprint density at radius 3 is 1.54 bits per heavy atom. The average molecular weight is 760 g/mol. The molecule has 0 fully saturated rings. The van der Waals surface area contributed by atoms with Crippen molar-refractivity contribution >= 4 is 13.7 Å². The van der Waals surface area contributed by atoms with Crippen LogP contribution in [-0.4, -0.2) is 73.4 Å².